The molecule has 0 bridgehead atoms. The van der Waals surface area contributed by atoms with Crippen molar-refractivity contribution < 1.29 is 80.2 Å². The zero-order valence-electron chi connectivity index (χ0n) is 54.5. The van der Waals surface area contributed by atoms with E-state index < -0.39 is 97.5 Å². The Labute approximate surface area is 516 Å². The standard InChI is InChI=1S/C66H124O17P2/c1-8-11-12-13-14-15-16-17-18-19-20-21-24-33-40-47-63(68)76-53-62(83-66(71)50-43-36-29-27-32-39-46-59(7)10-3)56-81-85(74,75)79-52-60(67)51-78-84(72,73)80-55-61(82-65(70)49-42-35-25-22-23-30-37-44-57(4)5)54-77-64(69)48-41-34-28-26-31-38-45-58(6)9-2/h15-18,57-62,67H,8-14,19-56H2,1-7H3,(H,72,73)(H,74,75)/b16-15-,18-17-/t58?,59?,60-,61+,62+/m0/s1. The van der Waals surface area contributed by atoms with Gasteiger partial charge in [0.2, 0.25) is 0 Å². The summed E-state index contributed by atoms with van der Waals surface area (Å²) in [5.41, 5.74) is 0. The minimum absolute atomic E-state index is 0.0954. The third-order valence-electron chi connectivity index (χ3n) is 15.2. The summed E-state index contributed by atoms with van der Waals surface area (Å²) in [6, 6.07) is 0. The predicted octanol–water partition coefficient (Wildman–Crippen LogP) is 17.8. The first-order chi connectivity index (χ1) is 40.8. The molecule has 0 radical (unpaired) electrons. The molecule has 4 unspecified atom stereocenters. The molecule has 0 spiro atoms. The lowest BCUT2D eigenvalue weighted by molar-refractivity contribution is -0.161. The van der Waals surface area contributed by atoms with E-state index in [4.69, 9.17) is 37.0 Å². The molecule has 0 rings (SSSR count). The van der Waals surface area contributed by atoms with Crippen molar-refractivity contribution in [3.05, 3.63) is 24.3 Å². The number of ether oxygens (including phenoxy) is 4. The number of carbonyl (C=O) groups excluding carboxylic acids is 4. The monoisotopic (exact) mass is 1250 g/mol. The van der Waals surface area contributed by atoms with Gasteiger partial charge in [0.15, 0.2) is 12.2 Å². The number of phosphoric acid groups is 2. The van der Waals surface area contributed by atoms with Crippen LogP contribution in [0.15, 0.2) is 24.3 Å². The summed E-state index contributed by atoms with van der Waals surface area (Å²) in [6.45, 7) is 11.6. The average Bonchev–Trinajstić information content (AvgIpc) is 3.56. The summed E-state index contributed by atoms with van der Waals surface area (Å²) in [5, 5.41) is 10.5. The highest BCUT2D eigenvalue weighted by molar-refractivity contribution is 7.47. The number of rotatable bonds is 62. The maximum Gasteiger partial charge on any atom is 0.472 e. The molecule has 0 aromatic heterocycles. The summed E-state index contributed by atoms with van der Waals surface area (Å²) >= 11 is 0. The number of esters is 4. The van der Waals surface area contributed by atoms with E-state index in [-0.39, 0.29) is 25.7 Å². The molecular formula is C66H124O17P2. The molecule has 0 aromatic carbocycles. The van der Waals surface area contributed by atoms with E-state index in [1.165, 1.54) is 83.5 Å². The fraction of sp³-hybridized carbons (Fsp3) is 0.879. The first kappa shape index (κ1) is 82.5. The Morgan fingerprint density at radius 1 is 0.388 bits per heavy atom. The van der Waals surface area contributed by atoms with Gasteiger partial charge in [0.25, 0.3) is 0 Å². The molecule has 0 amide bonds. The third kappa shape index (κ3) is 57.7. The van der Waals surface area contributed by atoms with Crippen LogP contribution in [0.25, 0.3) is 0 Å². The van der Waals surface area contributed by atoms with Crippen molar-refractivity contribution in [3.63, 3.8) is 0 Å². The Kier molecular flexibility index (Phi) is 55.1. The fourth-order valence-corrected chi connectivity index (χ4v) is 10.8. The highest BCUT2D eigenvalue weighted by atomic mass is 31.2. The van der Waals surface area contributed by atoms with Gasteiger partial charge in [-0.1, -0.05) is 246 Å². The molecule has 500 valence electrons. The third-order valence-corrected chi connectivity index (χ3v) is 17.1. The van der Waals surface area contributed by atoms with E-state index in [9.17, 15) is 43.2 Å². The lowest BCUT2D eigenvalue weighted by Crippen LogP contribution is -2.30. The zero-order chi connectivity index (χ0) is 63.1. The minimum atomic E-state index is -4.95. The number of aliphatic hydroxyl groups is 1. The first-order valence-electron chi connectivity index (χ1n) is 33.7. The molecule has 0 aliphatic heterocycles. The van der Waals surface area contributed by atoms with Crippen LogP contribution in [0.4, 0.5) is 0 Å². The number of hydrogen-bond acceptors (Lipinski definition) is 15. The Balaban J connectivity index is 5.27. The average molecular weight is 1250 g/mol. The highest BCUT2D eigenvalue weighted by Crippen LogP contribution is 2.45. The van der Waals surface area contributed by atoms with Crippen LogP contribution in [-0.2, 0) is 65.4 Å². The van der Waals surface area contributed by atoms with Gasteiger partial charge >= 0.3 is 39.5 Å². The van der Waals surface area contributed by atoms with Crippen LogP contribution >= 0.6 is 15.6 Å². The largest absolute Gasteiger partial charge is 0.472 e. The minimum Gasteiger partial charge on any atom is -0.462 e. The second kappa shape index (κ2) is 56.8. The summed E-state index contributed by atoms with van der Waals surface area (Å²) in [7, 11) is -9.90. The molecule has 0 aliphatic carbocycles. The maximum absolute atomic E-state index is 13.0. The quantitative estimate of drug-likeness (QED) is 0.0169. The number of allylic oxidation sites excluding steroid dienone is 4. The normalized spacial score (nSPS) is 15.1. The van der Waals surface area contributed by atoms with Gasteiger partial charge in [0, 0.05) is 25.7 Å². The summed E-state index contributed by atoms with van der Waals surface area (Å²) < 4.78 is 68.0. The molecule has 7 atom stereocenters. The van der Waals surface area contributed by atoms with Crippen molar-refractivity contribution >= 4 is 39.5 Å². The van der Waals surface area contributed by atoms with Crippen molar-refractivity contribution in [2.24, 2.45) is 17.8 Å². The van der Waals surface area contributed by atoms with Crippen molar-refractivity contribution in [1.82, 2.24) is 0 Å². The molecule has 19 heteroatoms. The van der Waals surface area contributed by atoms with E-state index >= 15 is 0 Å². The van der Waals surface area contributed by atoms with Crippen LogP contribution < -0.4 is 0 Å². The highest BCUT2D eigenvalue weighted by Gasteiger charge is 2.30. The fourth-order valence-electron chi connectivity index (χ4n) is 9.23. The van der Waals surface area contributed by atoms with Gasteiger partial charge < -0.3 is 33.8 Å². The van der Waals surface area contributed by atoms with Gasteiger partial charge in [-0.05, 0) is 69.1 Å². The molecule has 0 aliphatic rings. The summed E-state index contributed by atoms with van der Waals surface area (Å²) in [5.74, 6) is -0.0297. The van der Waals surface area contributed by atoms with E-state index in [2.05, 4.69) is 72.8 Å². The second-order valence-corrected chi connectivity index (χ2v) is 27.0. The number of carbonyl (C=O) groups is 4. The number of aliphatic hydroxyl groups excluding tert-OH is 1. The Morgan fingerprint density at radius 3 is 1.05 bits per heavy atom. The first-order valence-corrected chi connectivity index (χ1v) is 36.7. The molecular weight excluding hydrogens is 1130 g/mol. The Bertz CT molecular complexity index is 1780. The summed E-state index contributed by atoms with van der Waals surface area (Å²) in [4.78, 5) is 72.2. The van der Waals surface area contributed by atoms with Gasteiger partial charge in [-0.25, -0.2) is 9.13 Å². The topological polar surface area (TPSA) is 237 Å². The molecule has 0 heterocycles. The van der Waals surface area contributed by atoms with E-state index in [0.717, 1.165) is 127 Å². The van der Waals surface area contributed by atoms with Crippen LogP contribution in [-0.4, -0.2) is 96.7 Å². The number of unbranched alkanes of at least 4 members (excludes halogenated alkanes) is 25. The predicted molar refractivity (Wildman–Crippen MR) is 340 cm³/mol. The van der Waals surface area contributed by atoms with Crippen LogP contribution in [0.2, 0.25) is 0 Å². The molecule has 0 saturated carbocycles. The van der Waals surface area contributed by atoms with Crippen LogP contribution in [0, 0.1) is 17.8 Å². The van der Waals surface area contributed by atoms with E-state index in [0.29, 0.717) is 31.6 Å². The van der Waals surface area contributed by atoms with Crippen molar-refractivity contribution in [3.8, 4) is 0 Å². The van der Waals surface area contributed by atoms with Crippen LogP contribution in [0.1, 0.15) is 299 Å². The van der Waals surface area contributed by atoms with E-state index in [1.807, 2.05) is 0 Å². The van der Waals surface area contributed by atoms with Gasteiger partial charge in [0.1, 0.15) is 19.3 Å². The molecule has 3 N–H and O–H groups in total. The van der Waals surface area contributed by atoms with Gasteiger partial charge in [-0.15, -0.1) is 0 Å². The molecule has 0 fully saturated rings. The summed E-state index contributed by atoms with van der Waals surface area (Å²) in [6.07, 6.45) is 41.4. The Morgan fingerprint density at radius 2 is 0.694 bits per heavy atom. The SMILES string of the molecule is CCCCCC/C=C\C=C/CCCCCCCC(=O)OC[C@H](COP(=O)(O)OC[C@@H](O)COP(=O)(O)OC[C@@H](COC(=O)CCCCCCCCC(C)CC)OC(=O)CCCCCCCCCC(C)C)OC(=O)CCCCCCCCC(C)CC. The van der Waals surface area contributed by atoms with Crippen molar-refractivity contribution in [2.45, 2.75) is 317 Å². The van der Waals surface area contributed by atoms with Gasteiger partial charge in [0.05, 0.1) is 26.4 Å². The number of phosphoric ester groups is 2. The molecule has 0 aromatic rings. The smallest absolute Gasteiger partial charge is 0.462 e. The number of hydrogen-bond donors (Lipinski definition) is 3. The van der Waals surface area contributed by atoms with Crippen LogP contribution in [0.5, 0.6) is 0 Å². The van der Waals surface area contributed by atoms with Crippen molar-refractivity contribution in [2.75, 3.05) is 39.6 Å². The van der Waals surface area contributed by atoms with E-state index in [1.54, 1.807) is 0 Å². The molecule has 0 saturated heterocycles. The Hall–Kier alpha value is -2.46. The maximum atomic E-state index is 13.0. The zero-order valence-corrected chi connectivity index (χ0v) is 56.3. The molecule has 17 nitrogen and oxygen atoms in total. The van der Waals surface area contributed by atoms with Gasteiger partial charge in [-0.3, -0.25) is 37.3 Å². The van der Waals surface area contributed by atoms with Gasteiger partial charge in [-0.2, -0.15) is 0 Å². The second-order valence-electron chi connectivity index (χ2n) is 24.1. The lowest BCUT2D eigenvalue weighted by atomic mass is 10.00. The van der Waals surface area contributed by atoms with Crippen LogP contribution in [0.3, 0.4) is 0 Å². The lowest BCUT2D eigenvalue weighted by Gasteiger charge is -2.21. The molecule has 85 heavy (non-hydrogen) atoms. The van der Waals surface area contributed by atoms with Crippen molar-refractivity contribution in [1.29, 1.82) is 0 Å².